The Bertz CT molecular complexity index is 1470. The topological polar surface area (TPSA) is 117 Å². The van der Waals surface area contributed by atoms with E-state index in [1.165, 1.54) is 6.33 Å². The molecule has 1 unspecified atom stereocenters. The highest BCUT2D eigenvalue weighted by Gasteiger charge is 2.25. The summed E-state index contributed by atoms with van der Waals surface area (Å²) in [5.74, 6) is -0.633. The van der Waals surface area contributed by atoms with Crippen LogP contribution in [0.2, 0.25) is 15.1 Å². The lowest BCUT2D eigenvalue weighted by Gasteiger charge is -2.17. The smallest absolute Gasteiger partial charge is 0.334 e. The van der Waals surface area contributed by atoms with E-state index in [1.807, 2.05) is 0 Å². The SMILES string of the molecule is Cc1cc(C(C#N)c2ccc(Cl)cc2)c(Cl)cc1Nc1ncnc(Nc2ccc(Cl)cc2)c1[N+](=O)[O-]. The zero-order valence-corrected chi connectivity index (χ0v) is 20.9. The molecule has 0 amide bonds. The molecule has 0 aliphatic carbocycles. The summed E-state index contributed by atoms with van der Waals surface area (Å²) in [6, 6.07) is 19.3. The summed E-state index contributed by atoms with van der Waals surface area (Å²) in [6.07, 6.45) is 1.21. The first-order valence-electron chi connectivity index (χ1n) is 10.5. The number of halogens is 3. The molecule has 11 heteroatoms. The van der Waals surface area contributed by atoms with Crippen molar-refractivity contribution in [1.29, 1.82) is 5.26 Å². The summed E-state index contributed by atoms with van der Waals surface area (Å²) in [7, 11) is 0. The van der Waals surface area contributed by atoms with Crippen molar-refractivity contribution in [3.8, 4) is 6.07 Å². The Hall–Kier alpha value is -3.90. The summed E-state index contributed by atoms with van der Waals surface area (Å²) in [6.45, 7) is 1.80. The average molecular weight is 540 g/mol. The van der Waals surface area contributed by atoms with E-state index in [0.29, 0.717) is 37.6 Å². The normalized spacial score (nSPS) is 11.4. The number of nitrogens with zero attached hydrogens (tertiary/aromatic N) is 4. The molecular formula is C25H17Cl3N6O2. The average Bonchev–Trinajstić information content (AvgIpc) is 2.85. The first kappa shape index (κ1) is 25.2. The Morgan fingerprint density at radius 1 is 0.944 bits per heavy atom. The number of hydrogen-bond donors (Lipinski definition) is 2. The summed E-state index contributed by atoms with van der Waals surface area (Å²) < 4.78 is 0. The second kappa shape index (κ2) is 10.8. The third-order valence-corrected chi connectivity index (χ3v) is 6.18. The molecule has 0 saturated heterocycles. The summed E-state index contributed by atoms with van der Waals surface area (Å²) in [4.78, 5) is 19.5. The fourth-order valence-corrected chi connectivity index (χ4v) is 4.10. The predicted octanol–water partition coefficient (Wildman–Crippen LogP) is 7.80. The van der Waals surface area contributed by atoms with Gasteiger partial charge in [0.25, 0.3) is 0 Å². The van der Waals surface area contributed by atoms with E-state index in [0.717, 1.165) is 5.56 Å². The third kappa shape index (κ3) is 5.50. The lowest BCUT2D eigenvalue weighted by molar-refractivity contribution is -0.383. The minimum Gasteiger partial charge on any atom is -0.334 e. The molecular weight excluding hydrogens is 523 g/mol. The van der Waals surface area contributed by atoms with Gasteiger partial charge < -0.3 is 10.6 Å². The molecule has 1 aromatic heterocycles. The molecule has 1 heterocycles. The summed E-state index contributed by atoms with van der Waals surface area (Å²) in [5.41, 5.74) is 2.78. The number of nitriles is 1. The maximum absolute atomic E-state index is 11.9. The molecule has 0 spiro atoms. The molecule has 0 aliphatic rings. The number of benzene rings is 3. The number of aromatic nitrogens is 2. The molecule has 2 N–H and O–H groups in total. The molecule has 1 atom stereocenters. The second-order valence-corrected chi connectivity index (χ2v) is 9.02. The molecule has 180 valence electrons. The number of aryl methyl sites for hydroxylation is 1. The van der Waals surface area contributed by atoms with Gasteiger partial charge in [-0.15, -0.1) is 0 Å². The third-order valence-electron chi connectivity index (χ3n) is 5.35. The van der Waals surface area contributed by atoms with E-state index < -0.39 is 10.8 Å². The molecule has 4 rings (SSSR count). The molecule has 3 aromatic carbocycles. The van der Waals surface area contributed by atoms with Crippen molar-refractivity contribution in [3.05, 3.63) is 109 Å². The van der Waals surface area contributed by atoms with Gasteiger partial charge in [-0.1, -0.05) is 53.0 Å². The van der Waals surface area contributed by atoms with Crippen molar-refractivity contribution in [2.45, 2.75) is 12.8 Å². The van der Waals surface area contributed by atoms with Gasteiger partial charge in [-0.25, -0.2) is 9.97 Å². The highest BCUT2D eigenvalue weighted by molar-refractivity contribution is 6.32. The molecule has 0 radical (unpaired) electrons. The molecule has 0 saturated carbocycles. The summed E-state index contributed by atoms with van der Waals surface area (Å²) in [5, 5.41) is 29.1. The van der Waals surface area contributed by atoms with Gasteiger partial charge in [-0.05, 0) is 66.1 Å². The monoisotopic (exact) mass is 538 g/mol. The van der Waals surface area contributed by atoms with Crippen LogP contribution in [-0.4, -0.2) is 14.9 Å². The minimum absolute atomic E-state index is 0.00692. The number of nitro groups is 1. The van der Waals surface area contributed by atoms with Gasteiger partial charge in [0.15, 0.2) is 0 Å². The van der Waals surface area contributed by atoms with Crippen molar-refractivity contribution in [2.75, 3.05) is 10.6 Å². The Balaban J connectivity index is 1.68. The maximum Gasteiger partial charge on any atom is 0.353 e. The molecule has 0 fully saturated rings. The molecule has 0 bridgehead atoms. The Labute approximate surface area is 221 Å². The van der Waals surface area contributed by atoms with Crippen LogP contribution in [0.25, 0.3) is 0 Å². The van der Waals surface area contributed by atoms with Gasteiger partial charge in [0.2, 0.25) is 11.6 Å². The fraction of sp³-hybridized carbons (Fsp3) is 0.0800. The number of rotatable bonds is 7. The molecule has 0 aliphatic heterocycles. The number of hydrogen-bond acceptors (Lipinski definition) is 7. The van der Waals surface area contributed by atoms with Crippen molar-refractivity contribution in [2.24, 2.45) is 0 Å². The fourth-order valence-electron chi connectivity index (χ4n) is 3.57. The van der Waals surface area contributed by atoms with Gasteiger partial charge in [0, 0.05) is 26.4 Å². The van der Waals surface area contributed by atoms with Crippen molar-refractivity contribution < 1.29 is 4.92 Å². The van der Waals surface area contributed by atoms with E-state index >= 15 is 0 Å². The highest BCUT2D eigenvalue weighted by Crippen LogP contribution is 2.38. The minimum atomic E-state index is -0.619. The van der Waals surface area contributed by atoms with Crippen LogP contribution in [0.5, 0.6) is 0 Å². The predicted molar refractivity (Wildman–Crippen MR) is 142 cm³/mol. The Morgan fingerprint density at radius 2 is 1.53 bits per heavy atom. The van der Waals surface area contributed by atoms with Crippen LogP contribution in [0, 0.1) is 28.4 Å². The van der Waals surface area contributed by atoms with E-state index in [2.05, 4.69) is 26.7 Å². The van der Waals surface area contributed by atoms with Crippen LogP contribution in [0.3, 0.4) is 0 Å². The van der Waals surface area contributed by atoms with E-state index in [-0.39, 0.29) is 17.3 Å². The van der Waals surface area contributed by atoms with Crippen LogP contribution in [0.1, 0.15) is 22.6 Å². The van der Waals surface area contributed by atoms with E-state index in [4.69, 9.17) is 34.8 Å². The van der Waals surface area contributed by atoms with Crippen molar-refractivity contribution in [1.82, 2.24) is 9.97 Å². The zero-order valence-electron chi connectivity index (χ0n) is 18.7. The Kier molecular flexibility index (Phi) is 7.55. The van der Waals surface area contributed by atoms with Crippen LogP contribution in [0.15, 0.2) is 67.0 Å². The van der Waals surface area contributed by atoms with E-state index in [9.17, 15) is 15.4 Å². The molecule has 8 nitrogen and oxygen atoms in total. The Morgan fingerprint density at radius 3 is 2.11 bits per heavy atom. The van der Waals surface area contributed by atoms with Crippen LogP contribution >= 0.6 is 34.8 Å². The van der Waals surface area contributed by atoms with Gasteiger partial charge in [-0.3, -0.25) is 10.1 Å². The van der Waals surface area contributed by atoms with Gasteiger partial charge in [0.05, 0.1) is 16.9 Å². The van der Waals surface area contributed by atoms with Crippen LogP contribution < -0.4 is 10.6 Å². The van der Waals surface area contributed by atoms with Gasteiger partial charge in [0.1, 0.15) is 6.33 Å². The van der Waals surface area contributed by atoms with Crippen LogP contribution in [-0.2, 0) is 0 Å². The largest absolute Gasteiger partial charge is 0.353 e. The van der Waals surface area contributed by atoms with Gasteiger partial charge in [-0.2, -0.15) is 5.26 Å². The number of anilines is 4. The molecule has 36 heavy (non-hydrogen) atoms. The molecule has 4 aromatic rings. The van der Waals surface area contributed by atoms with Gasteiger partial charge >= 0.3 is 5.69 Å². The first-order chi connectivity index (χ1) is 17.3. The standard InChI is InChI=1S/C25H17Cl3N6O2/c1-14-10-19(20(12-29)15-2-4-16(26)5-3-15)21(28)11-22(14)33-25-23(34(35)36)24(30-13-31-25)32-18-8-6-17(27)7-9-18/h2-11,13,20H,1H3,(H2,30,31,32,33). The van der Waals surface area contributed by atoms with Crippen LogP contribution in [0.4, 0.5) is 28.7 Å². The second-order valence-electron chi connectivity index (χ2n) is 7.74. The zero-order chi connectivity index (χ0) is 25.8. The first-order valence-corrected chi connectivity index (χ1v) is 11.6. The van der Waals surface area contributed by atoms with Crippen molar-refractivity contribution in [3.63, 3.8) is 0 Å². The number of nitrogens with one attached hydrogen (secondary N) is 2. The maximum atomic E-state index is 11.9. The lowest BCUT2D eigenvalue weighted by atomic mass is 9.91. The van der Waals surface area contributed by atoms with E-state index in [1.54, 1.807) is 67.6 Å². The lowest BCUT2D eigenvalue weighted by Crippen LogP contribution is -2.07. The quantitative estimate of drug-likeness (QED) is 0.182. The highest BCUT2D eigenvalue weighted by atomic mass is 35.5. The summed E-state index contributed by atoms with van der Waals surface area (Å²) >= 11 is 18.5. The van der Waals surface area contributed by atoms with Crippen molar-refractivity contribution >= 4 is 63.5 Å².